The number of nitrogen functional groups attached to an aromatic ring is 1. The average Bonchev–Trinajstić information content (AvgIpc) is 2.36. The summed E-state index contributed by atoms with van der Waals surface area (Å²) in [5, 5.41) is 5.77. The number of carbonyl (C=O) groups excluding carboxylic acids is 1. The number of hydrogen-bond acceptors (Lipinski definition) is 6. The van der Waals surface area contributed by atoms with Crippen LogP contribution in [0.4, 0.5) is 11.6 Å². The van der Waals surface area contributed by atoms with Gasteiger partial charge in [-0.15, -0.1) is 0 Å². The molecule has 1 heterocycles. The number of rotatable bonds is 8. The molecule has 0 fully saturated rings. The molecule has 7 heteroatoms. The molecule has 0 spiro atoms. The van der Waals surface area contributed by atoms with Crippen molar-refractivity contribution in [1.82, 2.24) is 15.3 Å². The molecule has 0 aliphatic rings. The molecule has 1 aromatic heterocycles. The number of anilines is 2. The minimum atomic E-state index is 0.00608. The van der Waals surface area contributed by atoms with E-state index in [0.717, 1.165) is 0 Å². The summed E-state index contributed by atoms with van der Waals surface area (Å²) in [5.41, 5.74) is 5.68. The molecule has 106 valence electrons. The van der Waals surface area contributed by atoms with Crippen LogP contribution in [0.1, 0.15) is 26.1 Å². The molecule has 1 aromatic rings. The fourth-order valence-electron chi connectivity index (χ4n) is 1.46. The van der Waals surface area contributed by atoms with E-state index >= 15 is 0 Å². The Morgan fingerprint density at radius 3 is 2.89 bits per heavy atom. The lowest BCUT2D eigenvalue weighted by atomic mass is 10.4. The number of nitrogens with one attached hydrogen (secondary N) is 2. The maximum absolute atomic E-state index is 11.3. The average molecular weight is 267 g/mol. The van der Waals surface area contributed by atoms with Gasteiger partial charge >= 0.3 is 0 Å². The topological polar surface area (TPSA) is 102 Å². The quantitative estimate of drug-likeness (QED) is 0.635. The van der Waals surface area contributed by atoms with Gasteiger partial charge in [-0.25, -0.2) is 9.97 Å². The summed E-state index contributed by atoms with van der Waals surface area (Å²) in [6, 6.07) is 1.63. The maximum Gasteiger partial charge on any atom is 0.221 e. The second-order valence-corrected chi connectivity index (χ2v) is 3.86. The third kappa shape index (κ3) is 6.01. The second kappa shape index (κ2) is 8.25. The molecule has 0 saturated carbocycles. The number of ether oxygens (including phenoxy) is 1. The van der Waals surface area contributed by atoms with Crippen LogP contribution < -0.4 is 16.4 Å². The highest BCUT2D eigenvalue weighted by molar-refractivity contribution is 5.76. The Hall–Kier alpha value is -1.89. The molecule has 1 amide bonds. The molecular formula is C12H21N5O2. The van der Waals surface area contributed by atoms with Crippen LogP contribution in [0, 0.1) is 0 Å². The van der Waals surface area contributed by atoms with Gasteiger partial charge in [-0.2, -0.15) is 0 Å². The molecule has 7 nitrogen and oxygen atoms in total. The number of aromatic nitrogens is 2. The van der Waals surface area contributed by atoms with Crippen molar-refractivity contribution in [3.63, 3.8) is 0 Å². The highest BCUT2D eigenvalue weighted by Crippen LogP contribution is 2.09. The number of carbonyl (C=O) groups is 1. The van der Waals surface area contributed by atoms with E-state index in [0.29, 0.717) is 50.2 Å². The van der Waals surface area contributed by atoms with Gasteiger partial charge < -0.3 is 21.1 Å². The predicted octanol–water partition coefficient (Wildman–Crippen LogP) is 0.533. The van der Waals surface area contributed by atoms with Gasteiger partial charge in [0, 0.05) is 32.2 Å². The first kappa shape index (κ1) is 15.2. The van der Waals surface area contributed by atoms with E-state index in [1.165, 1.54) is 0 Å². The lowest BCUT2D eigenvalue weighted by molar-refractivity contribution is -0.120. The van der Waals surface area contributed by atoms with E-state index in [4.69, 9.17) is 10.5 Å². The molecule has 0 aliphatic carbocycles. The molecule has 19 heavy (non-hydrogen) atoms. The van der Waals surface area contributed by atoms with E-state index < -0.39 is 0 Å². The summed E-state index contributed by atoms with van der Waals surface area (Å²) in [5.74, 6) is 1.52. The smallest absolute Gasteiger partial charge is 0.221 e. The zero-order chi connectivity index (χ0) is 14.1. The Morgan fingerprint density at radius 1 is 1.42 bits per heavy atom. The largest absolute Gasteiger partial charge is 0.384 e. The monoisotopic (exact) mass is 267 g/mol. The molecule has 0 aliphatic heterocycles. The van der Waals surface area contributed by atoms with Crippen molar-refractivity contribution in [2.75, 3.05) is 30.7 Å². The van der Waals surface area contributed by atoms with Crippen LogP contribution in [-0.4, -0.2) is 35.6 Å². The third-order valence-corrected chi connectivity index (χ3v) is 2.26. The summed E-state index contributed by atoms with van der Waals surface area (Å²) in [7, 11) is 0. The van der Waals surface area contributed by atoms with Crippen LogP contribution in [0.15, 0.2) is 6.07 Å². The van der Waals surface area contributed by atoms with Crippen molar-refractivity contribution in [3.8, 4) is 0 Å². The van der Waals surface area contributed by atoms with Gasteiger partial charge in [0.1, 0.15) is 18.2 Å². The Morgan fingerprint density at radius 2 is 2.21 bits per heavy atom. The normalized spacial score (nSPS) is 10.2. The van der Waals surface area contributed by atoms with Gasteiger partial charge in [0.15, 0.2) is 5.82 Å². The Balaban J connectivity index is 2.48. The molecule has 4 N–H and O–H groups in total. The maximum atomic E-state index is 11.3. The molecule has 0 aromatic carbocycles. The van der Waals surface area contributed by atoms with E-state index in [1.807, 2.05) is 13.8 Å². The van der Waals surface area contributed by atoms with Gasteiger partial charge in [-0.05, 0) is 13.8 Å². The van der Waals surface area contributed by atoms with Crippen molar-refractivity contribution in [1.29, 1.82) is 0 Å². The van der Waals surface area contributed by atoms with E-state index in [9.17, 15) is 4.79 Å². The van der Waals surface area contributed by atoms with E-state index in [2.05, 4.69) is 20.6 Å². The van der Waals surface area contributed by atoms with Gasteiger partial charge in [-0.3, -0.25) is 4.79 Å². The van der Waals surface area contributed by atoms with Gasteiger partial charge in [-0.1, -0.05) is 0 Å². The first-order valence-electron chi connectivity index (χ1n) is 6.37. The summed E-state index contributed by atoms with van der Waals surface area (Å²) < 4.78 is 5.23. The van der Waals surface area contributed by atoms with Crippen molar-refractivity contribution >= 4 is 17.5 Å². The van der Waals surface area contributed by atoms with Gasteiger partial charge in [0.2, 0.25) is 5.91 Å². The van der Waals surface area contributed by atoms with Crippen molar-refractivity contribution < 1.29 is 9.53 Å². The highest BCUT2D eigenvalue weighted by atomic mass is 16.5. The van der Waals surface area contributed by atoms with Gasteiger partial charge in [0.25, 0.3) is 0 Å². The summed E-state index contributed by atoms with van der Waals surface area (Å²) in [6.07, 6.45) is 0.387. The lowest BCUT2D eigenvalue weighted by Crippen LogP contribution is -2.25. The summed E-state index contributed by atoms with van der Waals surface area (Å²) in [4.78, 5) is 19.6. The summed E-state index contributed by atoms with van der Waals surface area (Å²) in [6.45, 7) is 5.84. The van der Waals surface area contributed by atoms with Crippen molar-refractivity contribution in [2.24, 2.45) is 0 Å². The van der Waals surface area contributed by atoms with E-state index in [-0.39, 0.29) is 5.91 Å². The predicted molar refractivity (Wildman–Crippen MR) is 73.6 cm³/mol. The molecule has 1 rings (SSSR count). The van der Waals surface area contributed by atoms with Crippen molar-refractivity contribution in [2.45, 2.75) is 26.9 Å². The molecular weight excluding hydrogens is 246 g/mol. The number of amides is 1. The molecule has 0 saturated heterocycles. The molecule has 0 bridgehead atoms. The third-order valence-electron chi connectivity index (χ3n) is 2.26. The van der Waals surface area contributed by atoms with Crippen LogP contribution in [0.25, 0.3) is 0 Å². The molecule has 0 unspecified atom stereocenters. The van der Waals surface area contributed by atoms with E-state index in [1.54, 1.807) is 6.07 Å². The Labute approximate surface area is 113 Å². The number of hydrogen-bond donors (Lipinski definition) is 3. The van der Waals surface area contributed by atoms with Crippen molar-refractivity contribution in [3.05, 3.63) is 11.9 Å². The minimum absolute atomic E-state index is 0.00608. The standard InChI is InChI=1S/C12H21N5O2/c1-3-14-12(18)5-6-15-10-7-9(13)16-11(17-10)8-19-4-2/h7H,3-6,8H2,1-2H3,(H,14,18)(H3,13,15,16,17). The molecule has 0 atom stereocenters. The fourth-order valence-corrected chi connectivity index (χ4v) is 1.46. The first-order valence-corrected chi connectivity index (χ1v) is 6.37. The zero-order valence-corrected chi connectivity index (χ0v) is 11.4. The van der Waals surface area contributed by atoms with Crippen LogP contribution in [-0.2, 0) is 16.1 Å². The lowest BCUT2D eigenvalue weighted by Gasteiger charge is -2.08. The van der Waals surface area contributed by atoms with Crippen LogP contribution >= 0.6 is 0 Å². The van der Waals surface area contributed by atoms with Crippen LogP contribution in [0.3, 0.4) is 0 Å². The zero-order valence-electron chi connectivity index (χ0n) is 11.4. The Kier molecular flexibility index (Phi) is 6.59. The minimum Gasteiger partial charge on any atom is -0.384 e. The summed E-state index contributed by atoms with van der Waals surface area (Å²) >= 11 is 0. The Bertz CT molecular complexity index is 411. The SMILES string of the molecule is CCNC(=O)CCNc1cc(N)nc(COCC)n1. The second-order valence-electron chi connectivity index (χ2n) is 3.86. The number of nitrogens with zero attached hydrogens (tertiary/aromatic N) is 2. The van der Waals surface area contributed by atoms with Gasteiger partial charge in [0.05, 0.1) is 0 Å². The first-order chi connectivity index (χ1) is 9.15. The van der Waals surface area contributed by atoms with Crippen LogP contribution in [0.5, 0.6) is 0 Å². The molecule has 0 radical (unpaired) electrons. The number of nitrogens with two attached hydrogens (primary N) is 1. The highest BCUT2D eigenvalue weighted by Gasteiger charge is 2.04. The fraction of sp³-hybridized carbons (Fsp3) is 0.583. The van der Waals surface area contributed by atoms with Crippen LogP contribution in [0.2, 0.25) is 0 Å².